The molecule has 6 N–H and O–H groups in total. The molecule has 0 bridgehead atoms. The van der Waals surface area contributed by atoms with E-state index in [1.54, 1.807) is 6.92 Å². The Kier molecular flexibility index (Phi) is 15.3. The second kappa shape index (κ2) is 19.7. The van der Waals surface area contributed by atoms with Gasteiger partial charge in [0.15, 0.2) is 0 Å². The summed E-state index contributed by atoms with van der Waals surface area (Å²) >= 11 is 26.1. The Morgan fingerprint density at radius 3 is 1.41 bits per heavy atom. The average Bonchev–Trinajstić information content (AvgIpc) is 3.16. The Morgan fingerprint density at radius 2 is 1.04 bits per heavy atom. The first-order chi connectivity index (χ1) is 26.7. The summed E-state index contributed by atoms with van der Waals surface area (Å²) in [5.41, 5.74) is 3.54. The fourth-order valence-electron chi connectivity index (χ4n) is 6.90. The summed E-state index contributed by atoms with van der Waals surface area (Å²) < 4.78 is 0. The van der Waals surface area contributed by atoms with E-state index in [9.17, 15) is 34.8 Å². The molecule has 0 saturated heterocycles. The van der Waals surface area contributed by atoms with Crippen molar-refractivity contribution >= 4 is 105 Å². The van der Waals surface area contributed by atoms with Gasteiger partial charge in [0, 0.05) is 51.4 Å². The van der Waals surface area contributed by atoms with Crippen LogP contribution in [0.5, 0.6) is 0 Å². The van der Waals surface area contributed by atoms with E-state index in [-0.39, 0.29) is 69.5 Å². The van der Waals surface area contributed by atoms with Gasteiger partial charge in [0.25, 0.3) is 0 Å². The molecule has 0 radical (unpaired) electrons. The molecule has 0 aromatic heterocycles. The van der Waals surface area contributed by atoms with Crippen LogP contribution in [0.25, 0.3) is 21.5 Å². The van der Waals surface area contributed by atoms with Crippen molar-refractivity contribution in [3.63, 3.8) is 0 Å². The highest BCUT2D eigenvalue weighted by Gasteiger charge is 2.26. The van der Waals surface area contributed by atoms with Crippen molar-refractivity contribution < 1.29 is 34.8 Å². The number of nitrogens with zero attached hydrogens (tertiary/aromatic N) is 2. The van der Waals surface area contributed by atoms with Crippen molar-refractivity contribution in [1.82, 2.24) is 15.1 Å². The van der Waals surface area contributed by atoms with Gasteiger partial charge in [-0.1, -0.05) is 114 Å². The first-order valence-corrected chi connectivity index (χ1v) is 19.4. The predicted octanol–water partition coefficient (Wildman–Crippen LogP) is 5.53. The lowest BCUT2D eigenvalue weighted by molar-refractivity contribution is -0.137. The van der Waals surface area contributed by atoms with Crippen molar-refractivity contribution in [2.24, 2.45) is 0 Å². The summed E-state index contributed by atoms with van der Waals surface area (Å²) in [7, 11) is -3.62. The predicted molar refractivity (Wildman–Crippen MR) is 227 cm³/mol. The van der Waals surface area contributed by atoms with Crippen LogP contribution in [0, 0.1) is 0 Å². The molecule has 1 amide bonds. The first-order valence-electron chi connectivity index (χ1n) is 17.8. The highest BCUT2D eigenvalue weighted by atomic mass is 35.5. The van der Waals surface area contributed by atoms with Gasteiger partial charge in [0.2, 0.25) is 5.91 Å². The van der Waals surface area contributed by atoms with Crippen LogP contribution in [0.4, 0.5) is 0 Å². The summed E-state index contributed by atoms with van der Waals surface area (Å²) in [6.45, 7) is 7.27. The summed E-state index contributed by atoms with van der Waals surface area (Å²) in [6, 6.07) is 21.9. The fourth-order valence-corrected chi connectivity index (χ4v) is 7.72. The SMILES string of the molecule is C=C(C)C(=O)NCCCN(Cc1c(B(O)O)ccc(Cl)c1Cl)Cc1c2ccccc2c(CN(CCC(=O)O)Cc2c(B(O)O)ccc(Cl)c2Cl)c2ccccc12. The summed E-state index contributed by atoms with van der Waals surface area (Å²) in [6.07, 6.45) is 0.374. The molecule has 0 aliphatic heterocycles. The van der Waals surface area contributed by atoms with Crippen LogP contribution in [0.15, 0.2) is 84.9 Å². The maximum absolute atomic E-state index is 12.2. The lowest BCUT2D eigenvalue weighted by atomic mass is 9.77. The number of fused-ring (bicyclic) bond motifs is 2. The van der Waals surface area contributed by atoms with Gasteiger partial charge in [-0.05, 0) is 80.2 Å². The molecule has 5 rings (SSSR count). The number of carboxylic acid groups (broad SMARTS) is 1. The van der Waals surface area contributed by atoms with Gasteiger partial charge in [0.1, 0.15) is 0 Å². The smallest absolute Gasteiger partial charge is 0.481 e. The number of amides is 1. The van der Waals surface area contributed by atoms with Crippen molar-refractivity contribution in [3.8, 4) is 0 Å². The Hall–Kier alpha value is -3.65. The van der Waals surface area contributed by atoms with E-state index in [0.717, 1.165) is 32.7 Å². The quantitative estimate of drug-likeness (QED) is 0.0290. The lowest BCUT2D eigenvalue weighted by Gasteiger charge is -2.28. The zero-order valence-corrected chi connectivity index (χ0v) is 33.6. The fraction of sp³-hybridized carbons (Fsp3) is 0.250. The minimum Gasteiger partial charge on any atom is -0.481 e. The largest absolute Gasteiger partial charge is 0.488 e. The van der Waals surface area contributed by atoms with Gasteiger partial charge in [-0.15, -0.1) is 0 Å². The van der Waals surface area contributed by atoms with E-state index in [1.807, 2.05) is 53.4 Å². The van der Waals surface area contributed by atoms with Gasteiger partial charge in [-0.2, -0.15) is 0 Å². The Bertz CT molecular complexity index is 2200. The van der Waals surface area contributed by atoms with Crippen molar-refractivity contribution in [2.75, 3.05) is 19.6 Å². The number of carboxylic acids is 1. The molecular weight excluding hydrogens is 798 g/mol. The summed E-state index contributed by atoms with van der Waals surface area (Å²) in [5.74, 6) is -1.23. The molecule has 0 unspecified atom stereocenters. The van der Waals surface area contributed by atoms with E-state index in [0.29, 0.717) is 42.8 Å². The van der Waals surface area contributed by atoms with Crippen molar-refractivity contribution in [1.29, 1.82) is 0 Å². The molecule has 0 aliphatic rings. The van der Waals surface area contributed by atoms with Crippen LogP contribution < -0.4 is 16.2 Å². The zero-order valence-electron chi connectivity index (χ0n) is 30.6. The van der Waals surface area contributed by atoms with Gasteiger partial charge in [-0.25, -0.2) is 0 Å². The number of halogens is 4. The molecular formula is C40H41B2Cl4N3O7. The minimum atomic E-state index is -1.83. The summed E-state index contributed by atoms with van der Waals surface area (Å²) in [5, 5.41) is 58.0. The normalized spacial score (nSPS) is 11.5. The van der Waals surface area contributed by atoms with Crippen LogP contribution in [0.3, 0.4) is 0 Å². The maximum atomic E-state index is 12.2. The van der Waals surface area contributed by atoms with Crippen LogP contribution in [0.1, 0.15) is 42.0 Å². The number of aliphatic carboxylic acids is 1. The van der Waals surface area contributed by atoms with Gasteiger partial charge >= 0.3 is 20.2 Å². The van der Waals surface area contributed by atoms with E-state index < -0.39 is 20.2 Å². The second-order valence-electron chi connectivity index (χ2n) is 13.6. The summed E-state index contributed by atoms with van der Waals surface area (Å²) in [4.78, 5) is 28.1. The molecule has 0 spiro atoms. The van der Waals surface area contributed by atoms with E-state index in [1.165, 1.54) is 24.3 Å². The molecule has 0 heterocycles. The van der Waals surface area contributed by atoms with Crippen molar-refractivity contribution in [2.45, 2.75) is 45.9 Å². The highest BCUT2D eigenvalue weighted by Crippen LogP contribution is 2.36. The number of hydrogen-bond donors (Lipinski definition) is 6. The average molecular weight is 839 g/mol. The van der Waals surface area contributed by atoms with Crippen LogP contribution >= 0.6 is 46.4 Å². The second-order valence-corrected chi connectivity index (χ2v) is 15.2. The molecule has 0 fully saturated rings. The number of carbonyl (C=O) groups is 2. The number of benzene rings is 5. The first kappa shape index (κ1) is 43.5. The van der Waals surface area contributed by atoms with Gasteiger partial charge in [0.05, 0.1) is 26.5 Å². The molecule has 0 saturated carbocycles. The van der Waals surface area contributed by atoms with Crippen LogP contribution in [0.2, 0.25) is 20.1 Å². The third kappa shape index (κ3) is 10.4. The molecule has 0 aliphatic carbocycles. The van der Waals surface area contributed by atoms with E-state index in [2.05, 4.69) is 16.8 Å². The lowest BCUT2D eigenvalue weighted by Crippen LogP contribution is -2.37. The zero-order chi connectivity index (χ0) is 40.7. The van der Waals surface area contributed by atoms with Crippen molar-refractivity contribution in [3.05, 3.63) is 127 Å². The van der Waals surface area contributed by atoms with E-state index in [4.69, 9.17) is 46.4 Å². The molecule has 5 aromatic carbocycles. The molecule has 0 atom stereocenters. The molecule has 16 heteroatoms. The highest BCUT2D eigenvalue weighted by molar-refractivity contribution is 6.60. The number of hydrogen-bond acceptors (Lipinski definition) is 8. The maximum Gasteiger partial charge on any atom is 0.488 e. The number of rotatable bonds is 18. The Labute approximate surface area is 346 Å². The molecule has 56 heavy (non-hydrogen) atoms. The molecule has 292 valence electrons. The molecule has 10 nitrogen and oxygen atoms in total. The topological polar surface area (TPSA) is 154 Å². The van der Waals surface area contributed by atoms with E-state index >= 15 is 0 Å². The third-order valence-corrected chi connectivity index (χ3v) is 11.4. The van der Waals surface area contributed by atoms with Crippen LogP contribution in [-0.4, -0.2) is 80.7 Å². The number of nitrogens with one attached hydrogen (secondary N) is 1. The Balaban J connectivity index is 1.61. The van der Waals surface area contributed by atoms with Crippen LogP contribution in [-0.2, 0) is 35.8 Å². The standard InChI is InChI=1S/C40H41B2Cl4N3O7/c1-24(2)40(52)47-17-7-18-48(22-31-33(41(53)54)12-14-35(43)38(31)45)20-29-25-8-3-5-10-27(25)30(28-11-6-4-9-26(28)29)21-49(19-16-37(50)51)23-32-34(42(55)56)13-15-36(44)39(32)46/h3-6,8-15,53-56H,1,7,16-23H2,2H3,(H,47,52)(H,50,51). The van der Waals surface area contributed by atoms with Gasteiger partial charge < -0.3 is 30.5 Å². The monoisotopic (exact) mass is 837 g/mol. The molecule has 5 aromatic rings. The minimum absolute atomic E-state index is 0.0825. The third-order valence-electron chi connectivity index (χ3n) is 9.67. The number of carbonyl (C=O) groups excluding carboxylic acids is 1. The van der Waals surface area contributed by atoms with Gasteiger partial charge in [-0.3, -0.25) is 19.4 Å². The Morgan fingerprint density at radius 1 is 0.643 bits per heavy atom.